The van der Waals surface area contributed by atoms with Crippen molar-refractivity contribution in [2.45, 2.75) is 46.1 Å². The second-order valence-corrected chi connectivity index (χ2v) is 6.82. The van der Waals surface area contributed by atoms with Crippen LogP contribution in [-0.2, 0) is 11.3 Å². The number of piperidine rings is 1. The molecule has 0 radical (unpaired) electrons. The van der Waals surface area contributed by atoms with Crippen molar-refractivity contribution in [1.82, 2.24) is 10.6 Å². The zero-order valence-electron chi connectivity index (χ0n) is 11.9. The molecule has 0 aliphatic carbocycles. The van der Waals surface area contributed by atoms with Crippen molar-refractivity contribution < 1.29 is 4.79 Å². The summed E-state index contributed by atoms with van der Waals surface area (Å²) in [5.41, 5.74) is 1.32. The number of aryl methyl sites for hydroxylation is 2. The van der Waals surface area contributed by atoms with E-state index in [0.29, 0.717) is 18.9 Å². The highest BCUT2D eigenvalue weighted by atomic mass is 32.1. The Morgan fingerprint density at radius 3 is 3.00 bits per heavy atom. The van der Waals surface area contributed by atoms with Gasteiger partial charge in [-0.25, -0.2) is 0 Å². The summed E-state index contributed by atoms with van der Waals surface area (Å²) in [5.74, 6) is 0.875. The van der Waals surface area contributed by atoms with E-state index in [9.17, 15) is 4.79 Å². The molecule has 4 heteroatoms. The second-order valence-electron chi connectivity index (χ2n) is 5.48. The van der Waals surface area contributed by atoms with Crippen molar-refractivity contribution in [3.8, 4) is 0 Å². The van der Waals surface area contributed by atoms with Crippen molar-refractivity contribution >= 4 is 17.2 Å². The fraction of sp³-hybridized carbons (Fsp3) is 0.667. The lowest BCUT2D eigenvalue weighted by Gasteiger charge is -2.22. The van der Waals surface area contributed by atoms with Gasteiger partial charge in [0.25, 0.3) is 0 Å². The van der Waals surface area contributed by atoms with Gasteiger partial charge in [0.15, 0.2) is 0 Å². The number of nitrogens with one attached hydrogen (secondary N) is 2. The van der Waals surface area contributed by atoms with Crippen LogP contribution in [0.3, 0.4) is 0 Å². The SMILES string of the molecule is Cc1cc(CNC(=O)CCC2CCCNC2)sc1C. The molecule has 1 atom stereocenters. The van der Waals surface area contributed by atoms with E-state index in [4.69, 9.17) is 0 Å². The minimum absolute atomic E-state index is 0.189. The molecule has 2 rings (SSSR count). The lowest BCUT2D eigenvalue weighted by Crippen LogP contribution is -2.31. The Hall–Kier alpha value is -0.870. The van der Waals surface area contributed by atoms with Crippen molar-refractivity contribution in [3.05, 3.63) is 21.4 Å². The first-order valence-electron chi connectivity index (χ1n) is 7.18. The van der Waals surface area contributed by atoms with Gasteiger partial charge >= 0.3 is 0 Å². The summed E-state index contributed by atoms with van der Waals surface area (Å²) in [6.07, 6.45) is 4.20. The Balaban J connectivity index is 1.66. The van der Waals surface area contributed by atoms with Gasteiger partial charge in [-0.1, -0.05) is 0 Å². The van der Waals surface area contributed by atoms with E-state index in [1.807, 2.05) is 0 Å². The van der Waals surface area contributed by atoms with Crippen LogP contribution < -0.4 is 10.6 Å². The van der Waals surface area contributed by atoms with E-state index < -0.39 is 0 Å². The highest BCUT2D eigenvalue weighted by Crippen LogP contribution is 2.20. The van der Waals surface area contributed by atoms with Crippen LogP contribution in [-0.4, -0.2) is 19.0 Å². The van der Waals surface area contributed by atoms with E-state index in [1.54, 1.807) is 11.3 Å². The Labute approximate surface area is 119 Å². The molecular formula is C15H24N2OS. The van der Waals surface area contributed by atoms with Gasteiger partial charge in [0, 0.05) is 16.2 Å². The van der Waals surface area contributed by atoms with E-state index in [1.165, 1.54) is 28.2 Å². The fourth-order valence-corrected chi connectivity index (χ4v) is 3.51. The molecule has 1 fully saturated rings. The topological polar surface area (TPSA) is 41.1 Å². The molecule has 0 saturated carbocycles. The summed E-state index contributed by atoms with van der Waals surface area (Å²) >= 11 is 1.78. The van der Waals surface area contributed by atoms with Crippen molar-refractivity contribution in [3.63, 3.8) is 0 Å². The lowest BCUT2D eigenvalue weighted by atomic mass is 9.94. The van der Waals surface area contributed by atoms with Gasteiger partial charge < -0.3 is 10.6 Å². The molecule has 2 heterocycles. The van der Waals surface area contributed by atoms with Gasteiger partial charge in [0.2, 0.25) is 5.91 Å². The van der Waals surface area contributed by atoms with Crippen LogP contribution in [0.2, 0.25) is 0 Å². The third-order valence-electron chi connectivity index (χ3n) is 3.86. The minimum atomic E-state index is 0.189. The number of carbonyl (C=O) groups is 1. The maximum atomic E-state index is 11.8. The monoisotopic (exact) mass is 280 g/mol. The van der Waals surface area contributed by atoms with Gasteiger partial charge in [0.1, 0.15) is 0 Å². The van der Waals surface area contributed by atoms with E-state index >= 15 is 0 Å². The number of rotatable bonds is 5. The molecule has 1 aromatic rings. The molecule has 1 unspecified atom stereocenters. The van der Waals surface area contributed by atoms with Gasteiger partial charge in [-0.15, -0.1) is 11.3 Å². The number of carbonyl (C=O) groups excluding carboxylic acids is 1. The Morgan fingerprint density at radius 2 is 2.37 bits per heavy atom. The normalized spacial score (nSPS) is 19.4. The summed E-state index contributed by atoms with van der Waals surface area (Å²) in [5, 5.41) is 6.43. The first kappa shape index (κ1) is 14.5. The molecular weight excluding hydrogens is 256 g/mol. The smallest absolute Gasteiger partial charge is 0.220 e. The second kappa shape index (κ2) is 7.06. The molecule has 1 aromatic heterocycles. The highest BCUT2D eigenvalue weighted by Gasteiger charge is 2.14. The molecule has 0 bridgehead atoms. The average Bonchev–Trinajstić information content (AvgIpc) is 2.74. The zero-order valence-corrected chi connectivity index (χ0v) is 12.7. The summed E-state index contributed by atoms with van der Waals surface area (Å²) in [6.45, 7) is 7.14. The van der Waals surface area contributed by atoms with Gasteiger partial charge in [-0.2, -0.15) is 0 Å². The Bertz CT molecular complexity index is 402. The molecule has 3 nitrogen and oxygen atoms in total. The van der Waals surface area contributed by atoms with Crippen molar-refractivity contribution in [2.75, 3.05) is 13.1 Å². The predicted molar refractivity (Wildman–Crippen MR) is 80.5 cm³/mol. The van der Waals surface area contributed by atoms with Crippen LogP contribution >= 0.6 is 11.3 Å². The van der Waals surface area contributed by atoms with Crippen LogP contribution in [0.4, 0.5) is 0 Å². The highest BCUT2D eigenvalue weighted by molar-refractivity contribution is 7.12. The first-order chi connectivity index (χ1) is 9.15. The summed E-state index contributed by atoms with van der Waals surface area (Å²) in [7, 11) is 0. The van der Waals surface area contributed by atoms with E-state index in [-0.39, 0.29) is 5.91 Å². The van der Waals surface area contributed by atoms with E-state index in [2.05, 4.69) is 30.5 Å². The standard InChI is InChI=1S/C15H24N2OS/c1-11-8-14(19-12(11)2)10-17-15(18)6-5-13-4-3-7-16-9-13/h8,13,16H,3-7,9-10H2,1-2H3,(H,17,18). The summed E-state index contributed by atoms with van der Waals surface area (Å²) in [4.78, 5) is 14.4. The molecule has 1 saturated heterocycles. The van der Waals surface area contributed by atoms with Crippen LogP contribution in [0.1, 0.15) is 41.0 Å². The van der Waals surface area contributed by atoms with Crippen LogP contribution in [0.5, 0.6) is 0 Å². The predicted octanol–water partition coefficient (Wildman–Crippen LogP) is 2.76. The molecule has 106 valence electrons. The van der Waals surface area contributed by atoms with Crippen molar-refractivity contribution in [2.24, 2.45) is 5.92 Å². The van der Waals surface area contributed by atoms with Crippen LogP contribution in [0.25, 0.3) is 0 Å². The number of hydrogen-bond acceptors (Lipinski definition) is 3. The molecule has 1 amide bonds. The molecule has 0 aromatic carbocycles. The van der Waals surface area contributed by atoms with Crippen LogP contribution in [0.15, 0.2) is 6.07 Å². The lowest BCUT2D eigenvalue weighted by molar-refractivity contribution is -0.121. The van der Waals surface area contributed by atoms with Gasteiger partial charge in [-0.3, -0.25) is 4.79 Å². The first-order valence-corrected chi connectivity index (χ1v) is 8.00. The van der Waals surface area contributed by atoms with Gasteiger partial charge in [-0.05, 0) is 63.7 Å². The summed E-state index contributed by atoms with van der Waals surface area (Å²) < 4.78 is 0. The summed E-state index contributed by atoms with van der Waals surface area (Å²) in [6, 6.07) is 2.17. The maximum absolute atomic E-state index is 11.8. The maximum Gasteiger partial charge on any atom is 0.220 e. The number of thiophene rings is 1. The van der Waals surface area contributed by atoms with E-state index in [0.717, 1.165) is 19.5 Å². The fourth-order valence-electron chi connectivity index (χ4n) is 2.52. The third kappa shape index (κ3) is 4.62. The quantitative estimate of drug-likeness (QED) is 0.871. The minimum Gasteiger partial charge on any atom is -0.351 e. The Morgan fingerprint density at radius 1 is 1.53 bits per heavy atom. The average molecular weight is 280 g/mol. The van der Waals surface area contributed by atoms with Gasteiger partial charge in [0.05, 0.1) is 6.54 Å². The zero-order chi connectivity index (χ0) is 13.7. The van der Waals surface area contributed by atoms with Crippen LogP contribution in [0, 0.1) is 19.8 Å². The Kier molecular flexibility index (Phi) is 5.40. The molecule has 0 spiro atoms. The number of hydrogen-bond donors (Lipinski definition) is 2. The molecule has 19 heavy (non-hydrogen) atoms. The molecule has 2 N–H and O–H groups in total. The van der Waals surface area contributed by atoms with Crippen molar-refractivity contribution in [1.29, 1.82) is 0 Å². The number of amides is 1. The molecule has 1 aliphatic rings. The molecule has 1 aliphatic heterocycles. The largest absolute Gasteiger partial charge is 0.351 e. The third-order valence-corrected chi connectivity index (χ3v) is 5.01.